The summed E-state index contributed by atoms with van der Waals surface area (Å²) in [6.45, 7) is 5.66. The van der Waals surface area contributed by atoms with E-state index >= 15 is 0 Å². The monoisotopic (exact) mass is 407 g/mol. The molecule has 0 aliphatic heterocycles. The number of halogens is 6. The van der Waals surface area contributed by atoms with E-state index in [2.05, 4.69) is 42.8 Å². The van der Waals surface area contributed by atoms with Gasteiger partial charge in [-0.05, 0) is 6.42 Å². The number of aromatic nitrogens is 1. The van der Waals surface area contributed by atoms with Crippen LogP contribution in [0.3, 0.4) is 0 Å². The van der Waals surface area contributed by atoms with Crippen LogP contribution in [-0.4, -0.2) is 0 Å². The predicted octanol–water partition coefficient (Wildman–Crippen LogP) is 8.59. The van der Waals surface area contributed by atoms with E-state index in [1.807, 2.05) is 0 Å². The van der Waals surface area contributed by atoms with Crippen molar-refractivity contribution in [1.82, 2.24) is 0 Å². The Hall–Kier alpha value is -0.840. The number of hydrogen-bond acceptors (Lipinski definition) is 0. The molecule has 156 valence electrons. The van der Waals surface area contributed by atoms with Gasteiger partial charge in [0, 0.05) is 25.5 Å². The summed E-state index contributed by atoms with van der Waals surface area (Å²) in [6, 6.07) is 6.43. The second-order valence-corrected chi connectivity index (χ2v) is 8.59. The second kappa shape index (κ2) is 10.5. The second-order valence-electron chi connectivity index (χ2n) is 6.68. The molecule has 0 amide bonds. The summed E-state index contributed by atoms with van der Waals surface area (Å²) < 4.78 is 61.6. The molecule has 0 saturated carbocycles. The molecular weight excluding hydrogens is 375 g/mol. The molecule has 0 aliphatic carbocycles. The molecule has 26 heavy (non-hydrogen) atoms. The van der Waals surface area contributed by atoms with Gasteiger partial charge in [-0.1, -0.05) is 64.4 Å². The zero-order valence-electron chi connectivity index (χ0n) is 15.7. The molecule has 1 heterocycles. The summed E-state index contributed by atoms with van der Waals surface area (Å²) >= 11 is 0. The van der Waals surface area contributed by atoms with Crippen molar-refractivity contribution in [1.29, 1.82) is 0 Å². The number of rotatable bonds is 11. The van der Waals surface area contributed by atoms with Crippen molar-refractivity contribution in [3.8, 4) is 0 Å². The summed E-state index contributed by atoms with van der Waals surface area (Å²) in [7, 11) is -10.7. The Bertz CT molecular complexity index is 490. The van der Waals surface area contributed by atoms with E-state index in [9.17, 15) is 25.2 Å². The molecule has 1 rings (SSSR count). The van der Waals surface area contributed by atoms with Crippen molar-refractivity contribution in [3.05, 3.63) is 30.1 Å². The fraction of sp³-hybridized carbons (Fsp3) is 0.722. The summed E-state index contributed by atoms with van der Waals surface area (Å²) in [5, 5.41) is 0. The van der Waals surface area contributed by atoms with E-state index in [4.69, 9.17) is 0 Å². The zero-order chi connectivity index (χ0) is 20.2. The number of aryl methyl sites for hydroxylation is 2. The molecule has 0 saturated heterocycles. The Kier molecular flexibility index (Phi) is 10.1. The Morgan fingerprint density at radius 1 is 0.731 bits per heavy atom. The van der Waals surface area contributed by atoms with Gasteiger partial charge in [-0.3, -0.25) is 0 Å². The molecular formula is C18H32F6NP. The van der Waals surface area contributed by atoms with Crippen LogP contribution in [-0.2, 0) is 6.54 Å². The molecule has 0 radical (unpaired) electrons. The molecule has 0 aliphatic rings. The van der Waals surface area contributed by atoms with Crippen molar-refractivity contribution in [2.75, 3.05) is 0 Å². The SMILES string of the molecule is CCCCCCCCCCCC[n+]1ccccc1C.F[P-](F)(F)(F)(F)F. The standard InChI is InChI=1S/C18H32N.F6P/c1-3-4-5-6-7-8-9-10-11-13-16-19-17-14-12-15-18(19)2;1-7(2,3,4,5)6/h12,14-15,17H,3-11,13,16H2,1-2H3;/q+1;-1. The van der Waals surface area contributed by atoms with Gasteiger partial charge in [-0.25, -0.2) is 4.57 Å². The van der Waals surface area contributed by atoms with Crippen LogP contribution >= 0.6 is 7.81 Å². The molecule has 0 unspecified atom stereocenters. The zero-order valence-corrected chi connectivity index (χ0v) is 16.6. The van der Waals surface area contributed by atoms with Crippen LogP contribution in [0.2, 0.25) is 0 Å². The van der Waals surface area contributed by atoms with Crippen LogP contribution in [0.15, 0.2) is 24.4 Å². The number of hydrogen-bond donors (Lipinski definition) is 0. The van der Waals surface area contributed by atoms with Crippen LogP contribution in [0.5, 0.6) is 0 Å². The molecule has 0 aromatic carbocycles. The van der Waals surface area contributed by atoms with Crippen LogP contribution in [0.4, 0.5) is 25.2 Å². The van der Waals surface area contributed by atoms with E-state index in [0.717, 1.165) is 0 Å². The number of pyridine rings is 1. The number of unbranched alkanes of at least 4 members (excludes halogenated alkanes) is 9. The van der Waals surface area contributed by atoms with Crippen LogP contribution in [0.25, 0.3) is 0 Å². The van der Waals surface area contributed by atoms with E-state index in [1.54, 1.807) is 0 Å². The van der Waals surface area contributed by atoms with Crippen molar-refractivity contribution < 1.29 is 29.7 Å². The van der Waals surface area contributed by atoms with Gasteiger partial charge in [-0.15, -0.1) is 0 Å². The third-order valence-corrected chi connectivity index (χ3v) is 3.92. The summed E-state index contributed by atoms with van der Waals surface area (Å²) in [6.07, 6.45) is 16.3. The van der Waals surface area contributed by atoms with Gasteiger partial charge in [0.15, 0.2) is 11.9 Å². The van der Waals surface area contributed by atoms with E-state index in [-0.39, 0.29) is 0 Å². The molecule has 0 spiro atoms. The first-order valence-corrected chi connectivity index (χ1v) is 11.3. The average Bonchev–Trinajstić information content (AvgIpc) is 2.48. The first-order chi connectivity index (χ1) is 11.8. The van der Waals surface area contributed by atoms with Gasteiger partial charge in [0.1, 0.15) is 6.54 Å². The predicted molar refractivity (Wildman–Crippen MR) is 96.8 cm³/mol. The van der Waals surface area contributed by atoms with Gasteiger partial charge in [0.2, 0.25) is 0 Å². The molecule has 8 heteroatoms. The summed E-state index contributed by atoms with van der Waals surface area (Å²) in [4.78, 5) is 0. The molecule has 0 atom stereocenters. The van der Waals surface area contributed by atoms with Crippen molar-refractivity contribution in [3.63, 3.8) is 0 Å². The van der Waals surface area contributed by atoms with Gasteiger partial charge < -0.3 is 0 Å². The minimum absolute atomic E-state index is 1.18. The Morgan fingerprint density at radius 3 is 1.58 bits per heavy atom. The average molecular weight is 407 g/mol. The maximum absolute atomic E-state index is 10.7. The first-order valence-electron chi connectivity index (χ1n) is 9.31. The first kappa shape index (κ1) is 25.2. The van der Waals surface area contributed by atoms with E-state index < -0.39 is 7.81 Å². The van der Waals surface area contributed by atoms with Crippen molar-refractivity contribution in [2.45, 2.75) is 84.6 Å². The van der Waals surface area contributed by atoms with Gasteiger partial charge >= 0.3 is 33.0 Å². The van der Waals surface area contributed by atoms with Crippen LogP contribution in [0.1, 0.15) is 76.8 Å². The normalized spacial score (nSPS) is 14.2. The fourth-order valence-corrected chi connectivity index (χ4v) is 2.58. The molecule has 0 fully saturated rings. The molecule has 1 nitrogen and oxygen atoms in total. The van der Waals surface area contributed by atoms with Crippen LogP contribution in [0, 0.1) is 6.92 Å². The third-order valence-electron chi connectivity index (χ3n) is 3.92. The minimum atomic E-state index is -10.7. The fourth-order valence-electron chi connectivity index (χ4n) is 2.58. The topological polar surface area (TPSA) is 3.88 Å². The van der Waals surface area contributed by atoms with Gasteiger partial charge in [0.05, 0.1) is 0 Å². The van der Waals surface area contributed by atoms with E-state index in [1.165, 1.54) is 76.4 Å². The van der Waals surface area contributed by atoms with Crippen LogP contribution < -0.4 is 4.57 Å². The van der Waals surface area contributed by atoms with E-state index in [0.29, 0.717) is 0 Å². The van der Waals surface area contributed by atoms with Gasteiger partial charge in [0.25, 0.3) is 0 Å². The summed E-state index contributed by atoms with van der Waals surface area (Å²) in [5.74, 6) is 0. The van der Waals surface area contributed by atoms with Crippen molar-refractivity contribution in [2.24, 2.45) is 0 Å². The summed E-state index contributed by atoms with van der Waals surface area (Å²) in [5.41, 5.74) is 1.37. The molecule has 1 aromatic heterocycles. The maximum atomic E-state index is 9.87. The molecule has 1 aromatic rings. The Morgan fingerprint density at radius 2 is 1.15 bits per heavy atom. The quantitative estimate of drug-likeness (QED) is 0.150. The van der Waals surface area contributed by atoms with Crippen molar-refractivity contribution >= 4 is 7.81 Å². The Balaban J connectivity index is 0.000000758. The molecule has 0 bridgehead atoms. The number of nitrogens with zero attached hydrogens (tertiary/aromatic N) is 1. The Labute approximate surface area is 153 Å². The molecule has 0 N–H and O–H groups in total. The van der Waals surface area contributed by atoms with Gasteiger partial charge in [-0.2, -0.15) is 0 Å². The third kappa shape index (κ3) is 23.2.